The summed E-state index contributed by atoms with van der Waals surface area (Å²) < 4.78 is 6.92. The monoisotopic (exact) mass is 255 g/mol. The first kappa shape index (κ1) is 12.8. The van der Waals surface area contributed by atoms with Crippen molar-refractivity contribution in [3.05, 3.63) is 58.5 Å². The van der Waals surface area contributed by atoms with Gasteiger partial charge in [0.25, 0.3) is 5.56 Å². The Morgan fingerprint density at radius 1 is 1.26 bits per heavy atom. The Labute approximate surface area is 110 Å². The fourth-order valence-corrected chi connectivity index (χ4v) is 1.59. The van der Waals surface area contributed by atoms with E-state index in [0.717, 1.165) is 0 Å². The zero-order valence-electron chi connectivity index (χ0n) is 10.3. The van der Waals surface area contributed by atoms with Gasteiger partial charge in [0.15, 0.2) is 0 Å². The summed E-state index contributed by atoms with van der Waals surface area (Å²) in [6.07, 6.45) is 2.28. The Hall–Kier alpha value is -2.61. The van der Waals surface area contributed by atoms with E-state index < -0.39 is 0 Å². The van der Waals surface area contributed by atoms with Crippen LogP contribution in [0.5, 0.6) is 5.75 Å². The summed E-state index contributed by atoms with van der Waals surface area (Å²) in [6.45, 7) is 1.02. The third kappa shape index (κ3) is 3.68. The molecule has 0 aliphatic rings. The molecule has 1 aromatic heterocycles. The van der Waals surface area contributed by atoms with Crippen LogP contribution in [0, 0.1) is 11.3 Å². The number of rotatable bonds is 5. The number of aryl methyl sites for hydroxylation is 1. The highest BCUT2D eigenvalue weighted by Gasteiger charge is 1.97. The zero-order valence-corrected chi connectivity index (χ0v) is 10.3. The van der Waals surface area contributed by atoms with Gasteiger partial charge in [0, 0.05) is 25.2 Å². The van der Waals surface area contributed by atoms with E-state index in [1.807, 2.05) is 6.07 Å². The molecule has 0 saturated carbocycles. The highest BCUT2D eigenvalue weighted by Crippen LogP contribution is 2.11. The van der Waals surface area contributed by atoms with Crippen molar-refractivity contribution in [2.75, 3.05) is 6.61 Å². The van der Waals surface area contributed by atoms with Crippen LogP contribution in [0.3, 0.4) is 0 Å². The maximum Gasteiger partial charge on any atom is 0.266 e. The van der Waals surface area contributed by atoms with Crippen molar-refractivity contribution in [2.45, 2.75) is 13.0 Å². The number of nitrogens with zero attached hydrogens (tertiary/aromatic N) is 3. The first-order valence-electron chi connectivity index (χ1n) is 5.95. The quantitative estimate of drug-likeness (QED) is 0.761. The molecular formula is C14H13N3O2. The highest BCUT2D eigenvalue weighted by molar-refractivity contribution is 5.34. The van der Waals surface area contributed by atoms with Crippen LogP contribution in [0.2, 0.25) is 0 Å². The van der Waals surface area contributed by atoms with Crippen LogP contribution in [-0.2, 0) is 6.54 Å². The highest BCUT2D eigenvalue weighted by atomic mass is 16.5. The molecule has 2 rings (SSSR count). The topological polar surface area (TPSA) is 67.9 Å². The molecule has 0 bridgehead atoms. The minimum atomic E-state index is -0.110. The van der Waals surface area contributed by atoms with Crippen molar-refractivity contribution in [2.24, 2.45) is 0 Å². The van der Waals surface area contributed by atoms with Crippen LogP contribution in [0.4, 0.5) is 0 Å². The summed E-state index contributed by atoms with van der Waals surface area (Å²) in [6, 6.07) is 12.1. The van der Waals surface area contributed by atoms with E-state index in [-0.39, 0.29) is 5.56 Å². The Morgan fingerprint density at radius 2 is 2.05 bits per heavy atom. The number of hydrogen-bond acceptors (Lipinski definition) is 4. The van der Waals surface area contributed by atoms with Crippen LogP contribution in [0.1, 0.15) is 12.0 Å². The molecule has 0 aliphatic heterocycles. The van der Waals surface area contributed by atoms with Crippen molar-refractivity contribution in [1.82, 2.24) is 9.78 Å². The lowest BCUT2D eigenvalue weighted by Crippen LogP contribution is -2.22. The van der Waals surface area contributed by atoms with Gasteiger partial charge >= 0.3 is 0 Å². The van der Waals surface area contributed by atoms with E-state index in [4.69, 9.17) is 10.00 Å². The molecule has 0 spiro atoms. The summed E-state index contributed by atoms with van der Waals surface area (Å²) in [5, 5.41) is 12.6. The standard InChI is InChI=1S/C14H13N3O2/c15-11-12-4-6-13(7-5-12)19-10-2-9-17-14(18)3-1-8-16-17/h1,3-8H,2,9-10H2. The first-order chi connectivity index (χ1) is 9.29. The Kier molecular flexibility index (Phi) is 4.29. The van der Waals surface area contributed by atoms with E-state index in [1.54, 1.807) is 36.5 Å². The molecule has 0 atom stereocenters. The minimum Gasteiger partial charge on any atom is -0.494 e. The second-order valence-corrected chi connectivity index (χ2v) is 3.92. The van der Waals surface area contributed by atoms with Crippen molar-refractivity contribution < 1.29 is 4.74 Å². The van der Waals surface area contributed by atoms with Crippen molar-refractivity contribution in [3.63, 3.8) is 0 Å². The van der Waals surface area contributed by atoms with Gasteiger partial charge in [-0.25, -0.2) is 4.68 Å². The Bertz CT molecular complexity index is 626. The zero-order chi connectivity index (χ0) is 13.5. The van der Waals surface area contributed by atoms with Gasteiger partial charge in [-0.3, -0.25) is 4.79 Å². The molecule has 0 radical (unpaired) electrons. The molecule has 0 N–H and O–H groups in total. The predicted octanol–water partition coefficient (Wildman–Crippen LogP) is 1.58. The summed E-state index contributed by atoms with van der Waals surface area (Å²) in [4.78, 5) is 11.4. The summed E-state index contributed by atoms with van der Waals surface area (Å²) in [5.41, 5.74) is 0.494. The second-order valence-electron chi connectivity index (χ2n) is 3.92. The van der Waals surface area contributed by atoms with Crippen LogP contribution in [0.15, 0.2) is 47.4 Å². The molecule has 5 nitrogen and oxygen atoms in total. The van der Waals surface area contributed by atoms with Gasteiger partial charge in [0.05, 0.1) is 18.2 Å². The molecule has 96 valence electrons. The largest absolute Gasteiger partial charge is 0.494 e. The molecule has 1 heterocycles. The van der Waals surface area contributed by atoms with Gasteiger partial charge in [-0.05, 0) is 30.3 Å². The number of nitriles is 1. The van der Waals surface area contributed by atoms with E-state index in [0.29, 0.717) is 30.9 Å². The average molecular weight is 255 g/mol. The van der Waals surface area contributed by atoms with Crippen LogP contribution in [-0.4, -0.2) is 16.4 Å². The number of aromatic nitrogens is 2. The van der Waals surface area contributed by atoms with E-state index in [2.05, 4.69) is 5.10 Å². The van der Waals surface area contributed by atoms with Gasteiger partial charge < -0.3 is 4.74 Å². The molecule has 0 amide bonds. The van der Waals surface area contributed by atoms with Crippen LogP contribution in [0.25, 0.3) is 0 Å². The van der Waals surface area contributed by atoms with Crippen molar-refractivity contribution in [3.8, 4) is 11.8 Å². The predicted molar refractivity (Wildman–Crippen MR) is 69.8 cm³/mol. The molecule has 0 saturated heterocycles. The van der Waals surface area contributed by atoms with Crippen molar-refractivity contribution in [1.29, 1.82) is 5.26 Å². The number of ether oxygens (including phenoxy) is 1. The fraction of sp³-hybridized carbons (Fsp3) is 0.214. The average Bonchev–Trinajstić information content (AvgIpc) is 2.46. The Morgan fingerprint density at radius 3 is 2.74 bits per heavy atom. The molecule has 0 unspecified atom stereocenters. The lowest BCUT2D eigenvalue weighted by Gasteiger charge is -2.06. The third-order valence-electron chi connectivity index (χ3n) is 2.55. The van der Waals surface area contributed by atoms with Crippen molar-refractivity contribution >= 4 is 0 Å². The van der Waals surface area contributed by atoms with Crippen LogP contribution < -0.4 is 10.3 Å². The summed E-state index contributed by atoms with van der Waals surface area (Å²) in [7, 11) is 0. The third-order valence-corrected chi connectivity index (χ3v) is 2.55. The molecule has 19 heavy (non-hydrogen) atoms. The molecule has 2 aromatic rings. The lowest BCUT2D eigenvalue weighted by atomic mass is 10.2. The smallest absolute Gasteiger partial charge is 0.266 e. The molecule has 0 aliphatic carbocycles. The fourth-order valence-electron chi connectivity index (χ4n) is 1.59. The first-order valence-corrected chi connectivity index (χ1v) is 5.95. The number of hydrogen-bond donors (Lipinski definition) is 0. The Balaban J connectivity index is 1.79. The number of benzene rings is 1. The molecule has 0 fully saturated rings. The maximum atomic E-state index is 11.4. The lowest BCUT2D eigenvalue weighted by molar-refractivity contribution is 0.297. The minimum absolute atomic E-state index is 0.110. The molecular weight excluding hydrogens is 242 g/mol. The van der Waals surface area contributed by atoms with E-state index in [1.165, 1.54) is 10.7 Å². The van der Waals surface area contributed by atoms with Gasteiger partial charge in [0.1, 0.15) is 5.75 Å². The summed E-state index contributed by atoms with van der Waals surface area (Å²) in [5.74, 6) is 0.715. The van der Waals surface area contributed by atoms with E-state index >= 15 is 0 Å². The van der Waals surface area contributed by atoms with Gasteiger partial charge in [-0.1, -0.05) is 0 Å². The SMILES string of the molecule is N#Cc1ccc(OCCCn2ncccc2=O)cc1. The van der Waals surface area contributed by atoms with Crippen LogP contribution >= 0.6 is 0 Å². The maximum absolute atomic E-state index is 11.4. The van der Waals surface area contributed by atoms with Gasteiger partial charge in [-0.15, -0.1) is 0 Å². The van der Waals surface area contributed by atoms with Gasteiger partial charge in [-0.2, -0.15) is 10.4 Å². The second kappa shape index (κ2) is 6.36. The normalized spacial score (nSPS) is 9.84. The molecule has 1 aromatic carbocycles. The summed E-state index contributed by atoms with van der Waals surface area (Å²) >= 11 is 0. The molecule has 5 heteroatoms. The van der Waals surface area contributed by atoms with Gasteiger partial charge in [0.2, 0.25) is 0 Å². The van der Waals surface area contributed by atoms with E-state index in [9.17, 15) is 4.79 Å².